The third kappa shape index (κ3) is 4.36. The van der Waals surface area contributed by atoms with Gasteiger partial charge >= 0.3 is 0 Å². The van der Waals surface area contributed by atoms with Crippen molar-refractivity contribution in [1.82, 2.24) is 4.90 Å². The Hall–Kier alpha value is -0.670. The van der Waals surface area contributed by atoms with Crippen LogP contribution in [0.1, 0.15) is 26.7 Å². The molecule has 0 N–H and O–H groups in total. The van der Waals surface area contributed by atoms with Crippen molar-refractivity contribution in [2.24, 2.45) is 11.8 Å². The Labute approximate surface area is 171 Å². The number of hydrogen-bond donors (Lipinski definition) is 0. The van der Waals surface area contributed by atoms with Crippen LogP contribution < -0.4 is 4.90 Å². The van der Waals surface area contributed by atoms with Gasteiger partial charge in [0.2, 0.25) is 11.8 Å². The van der Waals surface area contributed by atoms with Crippen LogP contribution in [0.3, 0.4) is 0 Å². The molecule has 1 aromatic carbocycles. The van der Waals surface area contributed by atoms with E-state index in [9.17, 15) is 9.59 Å². The van der Waals surface area contributed by atoms with Gasteiger partial charge in [-0.2, -0.15) is 0 Å². The molecule has 0 aliphatic carbocycles. The predicted molar refractivity (Wildman–Crippen MR) is 115 cm³/mol. The molecule has 4 nitrogen and oxygen atoms in total. The molecule has 1 aromatic rings. The van der Waals surface area contributed by atoms with Gasteiger partial charge in [-0.1, -0.05) is 37.8 Å². The first kappa shape index (κ1) is 19.1. The molecule has 0 spiro atoms. The quantitative estimate of drug-likeness (QED) is 0.359. The number of benzene rings is 1. The second kappa shape index (κ2) is 7.92. The molecule has 134 valence electrons. The minimum atomic E-state index is -0.410. The van der Waals surface area contributed by atoms with Crippen LogP contribution in [0.2, 0.25) is 0 Å². The van der Waals surface area contributed by atoms with Crippen molar-refractivity contribution in [2.45, 2.75) is 31.9 Å². The molecule has 3 unspecified atom stereocenters. The molecular weight excluding hydrogens is 467 g/mol. The SMILES string of the molecule is CC1CC(C)CN(C(=S)SC2CC(=O)N(c3ccc(I)cc3)C2=O)C1. The van der Waals surface area contributed by atoms with Crippen molar-refractivity contribution >= 4 is 68.4 Å². The van der Waals surface area contributed by atoms with E-state index in [1.54, 1.807) is 0 Å². The molecule has 3 rings (SSSR count). The lowest BCUT2D eigenvalue weighted by Crippen LogP contribution is -2.41. The fraction of sp³-hybridized carbons (Fsp3) is 0.500. The highest BCUT2D eigenvalue weighted by molar-refractivity contribution is 14.1. The standard InChI is InChI=1S/C18H21IN2O2S2/c1-11-7-12(2)10-20(9-11)18(24)25-15-8-16(22)21(17(15)23)14-5-3-13(19)4-6-14/h3-6,11-12,15H,7-10H2,1-2H3. The van der Waals surface area contributed by atoms with Crippen molar-refractivity contribution in [2.75, 3.05) is 18.0 Å². The van der Waals surface area contributed by atoms with Gasteiger partial charge in [0.05, 0.1) is 5.69 Å². The number of likely N-dealkylation sites (tertiary alicyclic amines) is 1. The first-order chi connectivity index (χ1) is 11.8. The number of halogens is 1. The fourth-order valence-electron chi connectivity index (χ4n) is 3.57. The van der Waals surface area contributed by atoms with Gasteiger partial charge in [0, 0.05) is 23.1 Å². The third-order valence-electron chi connectivity index (χ3n) is 4.56. The molecule has 0 radical (unpaired) electrons. The molecule has 0 bridgehead atoms. The smallest absolute Gasteiger partial charge is 0.247 e. The number of carbonyl (C=O) groups excluding carboxylic acids is 2. The lowest BCUT2D eigenvalue weighted by atomic mass is 9.92. The highest BCUT2D eigenvalue weighted by atomic mass is 127. The van der Waals surface area contributed by atoms with E-state index >= 15 is 0 Å². The van der Waals surface area contributed by atoms with Crippen LogP contribution in [0.15, 0.2) is 24.3 Å². The predicted octanol–water partition coefficient (Wildman–Crippen LogP) is 3.92. The van der Waals surface area contributed by atoms with E-state index in [0.717, 1.165) is 21.0 Å². The van der Waals surface area contributed by atoms with Gasteiger partial charge in [0.1, 0.15) is 9.57 Å². The van der Waals surface area contributed by atoms with E-state index in [2.05, 4.69) is 41.3 Å². The topological polar surface area (TPSA) is 40.6 Å². The summed E-state index contributed by atoms with van der Waals surface area (Å²) in [6, 6.07) is 7.43. The summed E-state index contributed by atoms with van der Waals surface area (Å²) in [6.07, 6.45) is 1.43. The van der Waals surface area contributed by atoms with Crippen LogP contribution in [-0.4, -0.2) is 39.4 Å². The molecule has 25 heavy (non-hydrogen) atoms. The average molecular weight is 488 g/mol. The van der Waals surface area contributed by atoms with E-state index in [-0.39, 0.29) is 18.2 Å². The molecule has 0 aromatic heterocycles. The first-order valence-corrected chi connectivity index (χ1v) is 10.8. The molecule has 3 atom stereocenters. The number of anilines is 1. The largest absolute Gasteiger partial charge is 0.357 e. The first-order valence-electron chi connectivity index (χ1n) is 8.43. The Morgan fingerprint density at radius 1 is 1.16 bits per heavy atom. The summed E-state index contributed by atoms with van der Waals surface area (Å²) in [4.78, 5) is 28.6. The molecular formula is C18H21IN2O2S2. The maximum atomic E-state index is 12.8. The number of piperidine rings is 1. The Morgan fingerprint density at radius 3 is 2.36 bits per heavy atom. The third-order valence-corrected chi connectivity index (χ3v) is 6.94. The van der Waals surface area contributed by atoms with E-state index in [1.807, 2.05) is 24.3 Å². The number of amides is 2. The van der Waals surface area contributed by atoms with Gasteiger partial charge in [-0.3, -0.25) is 9.59 Å². The van der Waals surface area contributed by atoms with E-state index in [1.165, 1.54) is 23.1 Å². The summed E-state index contributed by atoms with van der Waals surface area (Å²) >= 11 is 9.16. The zero-order valence-electron chi connectivity index (χ0n) is 14.3. The zero-order valence-corrected chi connectivity index (χ0v) is 18.1. The highest BCUT2D eigenvalue weighted by Crippen LogP contribution is 2.33. The fourth-order valence-corrected chi connectivity index (χ4v) is 5.40. The number of thioether (sulfide) groups is 1. The summed E-state index contributed by atoms with van der Waals surface area (Å²) in [7, 11) is 0. The Kier molecular flexibility index (Phi) is 6.05. The highest BCUT2D eigenvalue weighted by Gasteiger charge is 2.41. The van der Waals surface area contributed by atoms with Crippen molar-refractivity contribution in [3.8, 4) is 0 Å². The van der Waals surface area contributed by atoms with Crippen LogP contribution in [0.25, 0.3) is 0 Å². The van der Waals surface area contributed by atoms with E-state index in [0.29, 0.717) is 17.5 Å². The maximum absolute atomic E-state index is 12.8. The number of carbonyl (C=O) groups is 2. The minimum absolute atomic E-state index is 0.146. The average Bonchev–Trinajstić information content (AvgIpc) is 2.81. The summed E-state index contributed by atoms with van der Waals surface area (Å²) in [5.74, 6) is 0.904. The van der Waals surface area contributed by atoms with Crippen LogP contribution in [-0.2, 0) is 9.59 Å². The van der Waals surface area contributed by atoms with Gasteiger partial charge in [0.25, 0.3) is 0 Å². The molecule has 2 fully saturated rings. The molecule has 2 saturated heterocycles. The van der Waals surface area contributed by atoms with Crippen LogP contribution >= 0.6 is 46.6 Å². The van der Waals surface area contributed by atoms with E-state index in [4.69, 9.17) is 12.2 Å². The Balaban J connectivity index is 1.68. The van der Waals surface area contributed by atoms with Crippen molar-refractivity contribution in [3.05, 3.63) is 27.8 Å². The normalized spacial score (nSPS) is 27.1. The van der Waals surface area contributed by atoms with Crippen LogP contribution in [0, 0.1) is 15.4 Å². The zero-order chi connectivity index (χ0) is 18.1. The molecule has 2 heterocycles. The van der Waals surface area contributed by atoms with Gasteiger partial charge < -0.3 is 4.90 Å². The lowest BCUT2D eigenvalue weighted by molar-refractivity contribution is -0.121. The van der Waals surface area contributed by atoms with Crippen LogP contribution in [0.5, 0.6) is 0 Å². The van der Waals surface area contributed by atoms with Crippen molar-refractivity contribution in [1.29, 1.82) is 0 Å². The van der Waals surface area contributed by atoms with E-state index < -0.39 is 5.25 Å². The number of thiocarbonyl (C=S) groups is 1. The lowest BCUT2D eigenvalue weighted by Gasteiger charge is -2.36. The van der Waals surface area contributed by atoms with Gasteiger partial charge in [-0.25, -0.2) is 4.90 Å². The maximum Gasteiger partial charge on any atom is 0.247 e. The summed E-state index contributed by atoms with van der Waals surface area (Å²) < 4.78 is 1.81. The molecule has 7 heteroatoms. The number of nitrogens with zero attached hydrogens (tertiary/aromatic N) is 2. The molecule has 2 amide bonds. The second-order valence-corrected chi connectivity index (χ2v) is 10.1. The molecule has 2 aliphatic heterocycles. The minimum Gasteiger partial charge on any atom is -0.357 e. The number of rotatable bonds is 2. The van der Waals surface area contributed by atoms with Crippen molar-refractivity contribution in [3.63, 3.8) is 0 Å². The number of imide groups is 1. The summed E-state index contributed by atoms with van der Waals surface area (Å²) in [6.45, 7) is 6.34. The summed E-state index contributed by atoms with van der Waals surface area (Å²) in [5, 5.41) is -0.410. The van der Waals surface area contributed by atoms with Gasteiger partial charge in [0.15, 0.2) is 0 Å². The van der Waals surface area contributed by atoms with Crippen molar-refractivity contribution < 1.29 is 9.59 Å². The Morgan fingerprint density at radius 2 is 1.76 bits per heavy atom. The summed E-state index contributed by atoms with van der Waals surface area (Å²) in [5.41, 5.74) is 0.643. The van der Waals surface area contributed by atoms with Gasteiger partial charge in [-0.15, -0.1) is 0 Å². The van der Waals surface area contributed by atoms with Gasteiger partial charge in [-0.05, 0) is 65.1 Å². The second-order valence-electron chi connectivity index (χ2n) is 6.97. The number of hydrogen-bond acceptors (Lipinski definition) is 4. The molecule has 2 aliphatic rings. The monoisotopic (exact) mass is 488 g/mol. The Bertz CT molecular complexity index is 685. The van der Waals surface area contributed by atoms with Crippen LogP contribution in [0.4, 0.5) is 5.69 Å². The molecule has 0 saturated carbocycles.